The Morgan fingerprint density at radius 1 is 1.59 bits per heavy atom. The summed E-state index contributed by atoms with van der Waals surface area (Å²) in [5.41, 5.74) is -1.11. The molecule has 0 unspecified atom stereocenters. The molecular weight excluding hydrogens is 249 g/mol. The lowest BCUT2D eigenvalue weighted by Crippen LogP contribution is -2.10. The van der Waals surface area contributed by atoms with E-state index in [1.807, 2.05) is 0 Å². The van der Waals surface area contributed by atoms with Crippen molar-refractivity contribution in [2.75, 3.05) is 5.75 Å². The van der Waals surface area contributed by atoms with E-state index in [-0.39, 0.29) is 10.7 Å². The summed E-state index contributed by atoms with van der Waals surface area (Å²) >= 11 is 1.06. The Kier molecular flexibility index (Phi) is 4.18. The maximum Gasteiger partial charge on any atom is 0.417 e. The van der Waals surface area contributed by atoms with Crippen LogP contribution in [0.1, 0.15) is 16.8 Å². The number of alkyl halides is 3. The molecule has 0 saturated heterocycles. The van der Waals surface area contributed by atoms with Crippen molar-refractivity contribution in [2.24, 2.45) is 0 Å². The molecule has 0 aromatic carbocycles. The van der Waals surface area contributed by atoms with Crippen LogP contribution >= 0.6 is 11.8 Å². The van der Waals surface area contributed by atoms with Crippen LogP contribution in [0.2, 0.25) is 0 Å². The first kappa shape index (κ1) is 13.6. The van der Waals surface area contributed by atoms with Crippen LogP contribution in [0.5, 0.6) is 0 Å². The molecular formula is C11H9F3N2S. The minimum Gasteiger partial charge on any atom is -0.245 e. The maximum absolute atomic E-state index is 12.7. The number of hydrogen-bond donors (Lipinski definition) is 0. The zero-order valence-corrected chi connectivity index (χ0v) is 9.82. The van der Waals surface area contributed by atoms with Gasteiger partial charge in [-0.3, -0.25) is 0 Å². The lowest BCUT2D eigenvalue weighted by Gasteiger charge is -2.12. The fourth-order valence-electron chi connectivity index (χ4n) is 1.22. The Labute approximate surface area is 101 Å². The fraction of sp³-hybridized carbons (Fsp3) is 0.273. The molecule has 0 atom stereocenters. The van der Waals surface area contributed by atoms with E-state index in [4.69, 9.17) is 5.26 Å². The summed E-state index contributed by atoms with van der Waals surface area (Å²) in [5.74, 6) is 0.405. The number of aryl methyl sites for hydroxylation is 1. The van der Waals surface area contributed by atoms with E-state index >= 15 is 0 Å². The van der Waals surface area contributed by atoms with Gasteiger partial charge in [0.1, 0.15) is 11.1 Å². The summed E-state index contributed by atoms with van der Waals surface area (Å²) in [6.45, 7) is 4.94. The zero-order chi connectivity index (χ0) is 13.1. The Morgan fingerprint density at radius 3 is 2.71 bits per heavy atom. The Bertz CT molecular complexity index is 475. The average Bonchev–Trinajstić information content (AvgIpc) is 2.24. The lowest BCUT2D eigenvalue weighted by atomic mass is 10.1. The van der Waals surface area contributed by atoms with E-state index in [9.17, 15) is 13.2 Å². The van der Waals surface area contributed by atoms with E-state index in [0.29, 0.717) is 5.75 Å². The summed E-state index contributed by atoms with van der Waals surface area (Å²) in [6, 6.07) is 2.45. The molecule has 90 valence electrons. The molecule has 0 aliphatic heterocycles. The largest absolute Gasteiger partial charge is 0.417 e. The van der Waals surface area contributed by atoms with Gasteiger partial charge in [0.05, 0.1) is 11.1 Å². The zero-order valence-electron chi connectivity index (χ0n) is 9.01. The lowest BCUT2D eigenvalue weighted by molar-refractivity contribution is -0.138. The van der Waals surface area contributed by atoms with Gasteiger partial charge >= 0.3 is 6.18 Å². The molecule has 2 nitrogen and oxygen atoms in total. The third kappa shape index (κ3) is 3.24. The number of aromatic nitrogens is 1. The minimum absolute atomic E-state index is 0.0970. The number of halogens is 3. The third-order valence-corrected chi connectivity index (χ3v) is 2.84. The van der Waals surface area contributed by atoms with Crippen molar-refractivity contribution >= 4 is 11.8 Å². The molecule has 6 heteroatoms. The molecule has 1 aromatic heterocycles. The number of nitriles is 1. The highest BCUT2D eigenvalue weighted by molar-refractivity contribution is 7.99. The predicted molar refractivity (Wildman–Crippen MR) is 59.6 cm³/mol. The number of nitrogens with zero attached hydrogens (tertiary/aromatic N) is 2. The van der Waals surface area contributed by atoms with Crippen LogP contribution in [-0.4, -0.2) is 10.7 Å². The van der Waals surface area contributed by atoms with E-state index in [0.717, 1.165) is 17.8 Å². The number of pyridine rings is 1. The van der Waals surface area contributed by atoms with Crippen LogP contribution in [0.4, 0.5) is 13.2 Å². The summed E-state index contributed by atoms with van der Waals surface area (Å²) < 4.78 is 38.1. The van der Waals surface area contributed by atoms with Gasteiger partial charge in [0.15, 0.2) is 0 Å². The van der Waals surface area contributed by atoms with Gasteiger partial charge in [-0.05, 0) is 13.0 Å². The number of thioether (sulfide) groups is 1. The minimum atomic E-state index is -4.54. The second-order valence-electron chi connectivity index (χ2n) is 3.20. The van der Waals surface area contributed by atoms with Crippen LogP contribution in [0.15, 0.2) is 23.7 Å². The third-order valence-electron chi connectivity index (χ3n) is 1.87. The molecule has 0 fully saturated rings. The van der Waals surface area contributed by atoms with Gasteiger partial charge in [-0.2, -0.15) is 18.4 Å². The van der Waals surface area contributed by atoms with E-state index in [1.54, 1.807) is 12.1 Å². The summed E-state index contributed by atoms with van der Waals surface area (Å²) in [6.07, 6.45) is -2.99. The monoisotopic (exact) mass is 258 g/mol. The first-order valence-electron chi connectivity index (χ1n) is 4.62. The normalized spacial score (nSPS) is 11.0. The standard InChI is InChI=1S/C11H9F3N2S/c1-3-4-17-10-8(6-15)9(11(12,13)14)5-7(2)16-10/h3,5H,1,4H2,2H3. The first-order valence-corrected chi connectivity index (χ1v) is 5.61. The van der Waals surface area contributed by atoms with Gasteiger partial charge in [0, 0.05) is 11.4 Å². The molecule has 1 rings (SSSR count). The van der Waals surface area contributed by atoms with Crippen molar-refractivity contribution in [2.45, 2.75) is 18.1 Å². The number of rotatable bonds is 3. The quantitative estimate of drug-likeness (QED) is 0.614. The van der Waals surface area contributed by atoms with Gasteiger partial charge in [-0.25, -0.2) is 4.98 Å². The fourth-order valence-corrected chi connectivity index (χ4v) is 2.00. The molecule has 1 heterocycles. The highest BCUT2D eigenvalue weighted by Crippen LogP contribution is 2.35. The molecule has 0 spiro atoms. The number of hydrogen-bond acceptors (Lipinski definition) is 3. The second kappa shape index (κ2) is 5.23. The molecule has 0 bridgehead atoms. The van der Waals surface area contributed by atoms with Crippen molar-refractivity contribution in [3.63, 3.8) is 0 Å². The van der Waals surface area contributed by atoms with E-state index in [1.165, 1.54) is 6.92 Å². The summed E-state index contributed by atoms with van der Waals surface area (Å²) in [7, 11) is 0. The van der Waals surface area contributed by atoms with Crippen molar-refractivity contribution in [1.29, 1.82) is 5.26 Å². The molecule has 0 N–H and O–H groups in total. The highest BCUT2D eigenvalue weighted by Gasteiger charge is 2.35. The molecule has 0 saturated carbocycles. The van der Waals surface area contributed by atoms with Crippen molar-refractivity contribution in [3.05, 3.63) is 35.5 Å². The Hall–Kier alpha value is -1.48. The van der Waals surface area contributed by atoms with Crippen LogP contribution in [0.3, 0.4) is 0 Å². The van der Waals surface area contributed by atoms with Crippen LogP contribution in [0.25, 0.3) is 0 Å². The van der Waals surface area contributed by atoms with E-state index < -0.39 is 17.3 Å². The van der Waals surface area contributed by atoms with Gasteiger partial charge in [0.25, 0.3) is 0 Å². The van der Waals surface area contributed by atoms with Crippen molar-refractivity contribution in [1.82, 2.24) is 4.98 Å². The summed E-state index contributed by atoms with van der Waals surface area (Å²) in [5, 5.41) is 8.92. The van der Waals surface area contributed by atoms with E-state index in [2.05, 4.69) is 11.6 Å². The van der Waals surface area contributed by atoms with Crippen molar-refractivity contribution in [3.8, 4) is 6.07 Å². The molecule has 1 aromatic rings. The molecule has 0 radical (unpaired) electrons. The van der Waals surface area contributed by atoms with Crippen LogP contribution < -0.4 is 0 Å². The van der Waals surface area contributed by atoms with Crippen LogP contribution in [0, 0.1) is 18.3 Å². The molecule has 0 aliphatic rings. The highest BCUT2D eigenvalue weighted by atomic mass is 32.2. The molecule has 0 aliphatic carbocycles. The van der Waals surface area contributed by atoms with Gasteiger partial charge in [-0.15, -0.1) is 18.3 Å². The molecule has 17 heavy (non-hydrogen) atoms. The summed E-state index contributed by atoms with van der Waals surface area (Å²) in [4.78, 5) is 3.95. The van der Waals surface area contributed by atoms with Gasteiger partial charge in [0.2, 0.25) is 0 Å². The molecule has 0 amide bonds. The van der Waals surface area contributed by atoms with Gasteiger partial charge < -0.3 is 0 Å². The SMILES string of the molecule is C=CCSc1nc(C)cc(C(F)(F)F)c1C#N. The van der Waals surface area contributed by atoms with Gasteiger partial charge in [-0.1, -0.05) is 6.08 Å². The van der Waals surface area contributed by atoms with Crippen LogP contribution in [-0.2, 0) is 6.18 Å². The second-order valence-corrected chi connectivity index (χ2v) is 4.21. The topological polar surface area (TPSA) is 36.7 Å². The maximum atomic E-state index is 12.7. The first-order chi connectivity index (χ1) is 7.90. The Morgan fingerprint density at radius 2 is 2.24 bits per heavy atom. The average molecular weight is 258 g/mol. The van der Waals surface area contributed by atoms with Crippen molar-refractivity contribution < 1.29 is 13.2 Å². The smallest absolute Gasteiger partial charge is 0.245 e. The Balaban J connectivity index is 3.36. The predicted octanol–water partition coefficient (Wildman–Crippen LogP) is 3.56.